The monoisotopic (exact) mass is 250 g/mol. The zero-order valence-electron chi connectivity index (χ0n) is 10.1. The van der Waals surface area contributed by atoms with Gasteiger partial charge >= 0.3 is 0 Å². The number of aliphatic imine (C=N–C) groups is 1. The molecule has 0 saturated carbocycles. The molecule has 2 rings (SSSR count). The van der Waals surface area contributed by atoms with Gasteiger partial charge in [0.2, 0.25) is 0 Å². The van der Waals surface area contributed by atoms with Crippen LogP contribution in [0.3, 0.4) is 0 Å². The van der Waals surface area contributed by atoms with Gasteiger partial charge in [0.1, 0.15) is 12.7 Å². The highest BCUT2D eigenvalue weighted by Gasteiger charge is 2.19. The van der Waals surface area contributed by atoms with E-state index in [2.05, 4.69) is 10.3 Å². The van der Waals surface area contributed by atoms with Crippen LogP contribution in [0.5, 0.6) is 11.5 Å². The molecule has 1 aromatic carbocycles. The van der Waals surface area contributed by atoms with Gasteiger partial charge in [-0.2, -0.15) is 0 Å². The summed E-state index contributed by atoms with van der Waals surface area (Å²) in [6, 6.07) is 7.66. The molecule has 18 heavy (non-hydrogen) atoms. The fourth-order valence-electron chi connectivity index (χ4n) is 1.69. The predicted molar refractivity (Wildman–Crippen MR) is 69.9 cm³/mol. The van der Waals surface area contributed by atoms with Gasteiger partial charge in [0.25, 0.3) is 0 Å². The van der Waals surface area contributed by atoms with Crippen molar-refractivity contribution < 1.29 is 9.47 Å². The van der Waals surface area contributed by atoms with E-state index in [-0.39, 0.29) is 12.1 Å². The first-order valence-electron chi connectivity index (χ1n) is 5.90. The summed E-state index contributed by atoms with van der Waals surface area (Å²) >= 11 is 0. The molecule has 98 valence electrons. The molecule has 0 radical (unpaired) electrons. The summed E-state index contributed by atoms with van der Waals surface area (Å²) in [7, 11) is 0. The Morgan fingerprint density at radius 3 is 2.89 bits per heavy atom. The number of para-hydroxylation sites is 2. The summed E-state index contributed by atoms with van der Waals surface area (Å²) in [5.41, 5.74) is 10.5. The molecule has 6 heteroatoms. The van der Waals surface area contributed by atoms with E-state index in [1.54, 1.807) is 0 Å². The average molecular weight is 250 g/mol. The third-order valence-electron chi connectivity index (χ3n) is 2.52. The standard InChI is InChI=1S/C12H18N4O2/c13-12(14)16-6-5-15-7-9-8-17-10-3-1-2-4-11(10)18-9/h1-4,9,15H,5-8H2,(H4,13,14,16). The van der Waals surface area contributed by atoms with Crippen molar-refractivity contribution in [1.82, 2.24) is 5.32 Å². The molecule has 1 atom stereocenters. The minimum absolute atomic E-state index is 0.0131. The minimum Gasteiger partial charge on any atom is -0.486 e. The van der Waals surface area contributed by atoms with Crippen LogP contribution in [0.1, 0.15) is 0 Å². The van der Waals surface area contributed by atoms with Crippen molar-refractivity contribution in [3.8, 4) is 11.5 Å². The third kappa shape index (κ3) is 3.53. The Labute approximate surface area is 106 Å². The summed E-state index contributed by atoms with van der Waals surface area (Å²) in [6.07, 6.45) is 0.0131. The molecule has 1 heterocycles. The first-order chi connectivity index (χ1) is 8.75. The van der Waals surface area contributed by atoms with Crippen LogP contribution in [-0.4, -0.2) is 38.3 Å². The predicted octanol–water partition coefficient (Wildman–Crippen LogP) is -0.311. The molecule has 0 saturated heterocycles. The summed E-state index contributed by atoms with van der Waals surface area (Å²) < 4.78 is 11.4. The van der Waals surface area contributed by atoms with Crippen LogP contribution >= 0.6 is 0 Å². The second-order valence-electron chi connectivity index (χ2n) is 4.01. The molecule has 1 aliphatic heterocycles. The second-order valence-corrected chi connectivity index (χ2v) is 4.01. The maximum Gasteiger partial charge on any atom is 0.185 e. The molecular weight excluding hydrogens is 232 g/mol. The molecule has 5 N–H and O–H groups in total. The van der Waals surface area contributed by atoms with Crippen molar-refractivity contribution in [3.05, 3.63) is 24.3 Å². The number of hydrogen-bond acceptors (Lipinski definition) is 4. The zero-order valence-corrected chi connectivity index (χ0v) is 10.1. The van der Waals surface area contributed by atoms with Crippen LogP contribution in [0.4, 0.5) is 0 Å². The van der Waals surface area contributed by atoms with Gasteiger partial charge in [-0.25, -0.2) is 0 Å². The largest absolute Gasteiger partial charge is 0.486 e. The number of guanidine groups is 1. The zero-order chi connectivity index (χ0) is 12.8. The maximum atomic E-state index is 5.79. The number of nitrogens with one attached hydrogen (secondary N) is 1. The molecule has 1 aromatic rings. The average Bonchev–Trinajstić information content (AvgIpc) is 2.38. The molecule has 0 bridgehead atoms. The Morgan fingerprint density at radius 1 is 1.33 bits per heavy atom. The van der Waals surface area contributed by atoms with Crippen molar-refractivity contribution in [3.63, 3.8) is 0 Å². The number of rotatable bonds is 5. The Balaban J connectivity index is 1.72. The molecule has 1 aliphatic rings. The van der Waals surface area contributed by atoms with E-state index in [1.807, 2.05) is 24.3 Å². The minimum atomic E-state index is 0.0131. The second kappa shape index (κ2) is 6.11. The third-order valence-corrected chi connectivity index (χ3v) is 2.52. The van der Waals surface area contributed by atoms with E-state index < -0.39 is 0 Å². The van der Waals surface area contributed by atoms with Gasteiger partial charge in [0, 0.05) is 13.1 Å². The molecule has 0 aromatic heterocycles. The highest BCUT2D eigenvalue weighted by atomic mass is 16.6. The molecule has 0 spiro atoms. The molecular formula is C12H18N4O2. The lowest BCUT2D eigenvalue weighted by molar-refractivity contribution is 0.0907. The first kappa shape index (κ1) is 12.5. The SMILES string of the molecule is NC(N)=NCCNCC1COc2ccccc2O1. The van der Waals surface area contributed by atoms with E-state index >= 15 is 0 Å². The number of fused-ring (bicyclic) bond motifs is 1. The van der Waals surface area contributed by atoms with E-state index in [9.17, 15) is 0 Å². The Bertz CT molecular complexity index is 418. The maximum absolute atomic E-state index is 5.79. The van der Waals surface area contributed by atoms with E-state index in [0.717, 1.165) is 11.5 Å². The molecule has 1 unspecified atom stereocenters. The van der Waals surface area contributed by atoms with Crippen LogP contribution in [0.15, 0.2) is 29.3 Å². The van der Waals surface area contributed by atoms with Crippen LogP contribution < -0.4 is 26.3 Å². The van der Waals surface area contributed by atoms with Crippen LogP contribution in [-0.2, 0) is 0 Å². The van der Waals surface area contributed by atoms with Crippen molar-refractivity contribution in [2.75, 3.05) is 26.2 Å². The summed E-state index contributed by atoms with van der Waals surface area (Å²) in [5.74, 6) is 1.71. The van der Waals surface area contributed by atoms with Gasteiger partial charge in [0.15, 0.2) is 17.5 Å². The van der Waals surface area contributed by atoms with Gasteiger partial charge in [-0.15, -0.1) is 0 Å². The smallest absolute Gasteiger partial charge is 0.185 e. The lowest BCUT2D eigenvalue weighted by Gasteiger charge is -2.26. The number of hydrogen-bond donors (Lipinski definition) is 3. The first-order valence-corrected chi connectivity index (χ1v) is 5.90. The lowest BCUT2D eigenvalue weighted by Crippen LogP contribution is -2.39. The molecule has 0 aliphatic carbocycles. The van der Waals surface area contributed by atoms with Gasteiger partial charge in [0.05, 0.1) is 6.54 Å². The van der Waals surface area contributed by atoms with E-state index in [1.165, 1.54) is 0 Å². The number of ether oxygens (including phenoxy) is 2. The molecule has 6 nitrogen and oxygen atoms in total. The van der Waals surface area contributed by atoms with Crippen molar-refractivity contribution >= 4 is 5.96 Å². The van der Waals surface area contributed by atoms with Gasteiger partial charge < -0.3 is 26.3 Å². The van der Waals surface area contributed by atoms with Gasteiger partial charge in [-0.05, 0) is 12.1 Å². The van der Waals surface area contributed by atoms with Crippen molar-refractivity contribution in [1.29, 1.82) is 0 Å². The topological polar surface area (TPSA) is 94.9 Å². The lowest BCUT2D eigenvalue weighted by atomic mass is 10.2. The fourth-order valence-corrected chi connectivity index (χ4v) is 1.69. The highest BCUT2D eigenvalue weighted by Crippen LogP contribution is 2.30. The summed E-state index contributed by atoms with van der Waals surface area (Å²) in [4.78, 5) is 3.88. The van der Waals surface area contributed by atoms with Gasteiger partial charge in [-0.1, -0.05) is 12.1 Å². The van der Waals surface area contributed by atoms with Crippen LogP contribution in [0, 0.1) is 0 Å². The molecule has 0 fully saturated rings. The summed E-state index contributed by atoms with van der Waals surface area (Å²) in [6.45, 7) is 2.52. The van der Waals surface area contributed by atoms with Crippen LogP contribution in [0.25, 0.3) is 0 Å². The number of benzene rings is 1. The quantitative estimate of drug-likeness (QED) is 0.378. The Kier molecular flexibility index (Phi) is 4.25. The Hall–Kier alpha value is -1.95. The van der Waals surface area contributed by atoms with Crippen molar-refractivity contribution in [2.24, 2.45) is 16.5 Å². The summed E-state index contributed by atoms with van der Waals surface area (Å²) in [5, 5.41) is 3.22. The van der Waals surface area contributed by atoms with Crippen molar-refractivity contribution in [2.45, 2.75) is 6.10 Å². The Morgan fingerprint density at radius 2 is 2.11 bits per heavy atom. The van der Waals surface area contributed by atoms with E-state index in [4.69, 9.17) is 20.9 Å². The fraction of sp³-hybridized carbons (Fsp3) is 0.417. The number of nitrogens with zero attached hydrogens (tertiary/aromatic N) is 1. The van der Waals surface area contributed by atoms with E-state index in [0.29, 0.717) is 26.2 Å². The number of nitrogens with two attached hydrogens (primary N) is 2. The highest BCUT2D eigenvalue weighted by molar-refractivity contribution is 5.75. The molecule has 0 amide bonds. The van der Waals surface area contributed by atoms with Gasteiger partial charge in [-0.3, -0.25) is 4.99 Å². The normalized spacial score (nSPS) is 17.2. The van der Waals surface area contributed by atoms with Crippen LogP contribution in [0.2, 0.25) is 0 Å².